The van der Waals surface area contributed by atoms with E-state index >= 15 is 0 Å². The van der Waals surface area contributed by atoms with Crippen LogP contribution in [0.2, 0.25) is 0 Å². The van der Waals surface area contributed by atoms with Gasteiger partial charge in [-0.3, -0.25) is 0 Å². The molecule has 3 nitrogen and oxygen atoms in total. The van der Waals surface area contributed by atoms with Crippen LogP contribution < -0.4 is 0 Å². The lowest BCUT2D eigenvalue weighted by atomic mass is 10.1. The Balaban J connectivity index is 1.97. The fourth-order valence-electron chi connectivity index (χ4n) is 1.48. The molecule has 0 spiro atoms. The Labute approximate surface area is 89.4 Å². The first-order valence-corrected chi connectivity index (χ1v) is 4.97. The quantitative estimate of drug-likeness (QED) is 0.745. The van der Waals surface area contributed by atoms with Gasteiger partial charge < -0.3 is 5.11 Å². The Morgan fingerprint density at radius 2 is 2.07 bits per heavy atom. The summed E-state index contributed by atoms with van der Waals surface area (Å²) in [6, 6.07) is 10.2. The molecule has 0 saturated carbocycles. The van der Waals surface area contributed by atoms with Crippen molar-refractivity contribution in [3.8, 4) is 0 Å². The molecule has 0 saturated heterocycles. The fraction of sp³-hybridized carbons (Fsp3) is 0.250. The van der Waals surface area contributed by atoms with Gasteiger partial charge in [0, 0.05) is 0 Å². The maximum atomic E-state index is 8.75. The average Bonchev–Trinajstić information content (AvgIpc) is 2.68. The van der Waals surface area contributed by atoms with Crippen molar-refractivity contribution in [1.29, 1.82) is 0 Å². The van der Waals surface area contributed by atoms with Crippen molar-refractivity contribution in [2.45, 2.75) is 6.42 Å². The van der Waals surface area contributed by atoms with Gasteiger partial charge in [-0.15, -0.1) is 0 Å². The van der Waals surface area contributed by atoms with E-state index < -0.39 is 0 Å². The highest BCUT2D eigenvalue weighted by Crippen LogP contribution is 2.13. The van der Waals surface area contributed by atoms with Gasteiger partial charge in [0.1, 0.15) is 0 Å². The highest BCUT2D eigenvalue weighted by atomic mass is 16.3. The van der Waals surface area contributed by atoms with E-state index in [4.69, 9.17) is 5.11 Å². The molecule has 0 unspecified atom stereocenters. The largest absolute Gasteiger partial charge is 0.394 e. The summed E-state index contributed by atoms with van der Waals surface area (Å²) in [4.78, 5) is 5.93. The molecule has 1 N–H and O–H groups in total. The van der Waals surface area contributed by atoms with Gasteiger partial charge in [0.25, 0.3) is 6.34 Å². The molecule has 0 amide bonds. The molecule has 0 aromatic heterocycles. The number of aliphatic hydroxyl groups excluding tert-OH is 1. The van der Waals surface area contributed by atoms with Gasteiger partial charge in [0.05, 0.1) is 19.6 Å². The van der Waals surface area contributed by atoms with E-state index in [9.17, 15) is 0 Å². The third kappa shape index (κ3) is 2.62. The van der Waals surface area contributed by atoms with Crippen molar-refractivity contribution in [3.05, 3.63) is 47.8 Å². The summed E-state index contributed by atoms with van der Waals surface area (Å²) in [5, 5.41) is 8.75. The summed E-state index contributed by atoms with van der Waals surface area (Å²) in [5.41, 5.74) is 2.22. The van der Waals surface area contributed by atoms with E-state index in [1.807, 2.05) is 24.4 Å². The van der Waals surface area contributed by atoms with Crippen molar-refractivity contribution in [3.63, 3.8) is 0 Å². The molecule has 1 aliphatic rings. The summed E-state index contributed by atoms with van der Waals surface area (Å²) in [6.45, 7) is 0.680. The molecule has 1 aromatic rings. The SMILES string of the molecule is OCCN1[C+]=NC(Cc2ccccc2)=C1. The summed E-state index contributed by atoms with van der Waals surface area (Å²) in [7, 11) is 0. The minimum atomic E-state index is 0.123. The second-order valence-corrected chi connectivity index (χ2v) is 3.41. The van der Waals surface area contributed by atoms with Crippen LogP contribution in [-0.4, -0.2) is 29.5 Å². The summed E-state index contributed by atoms with van der Waals surface area (Å²) in [6.07, 6.45) is 5.57. The van der Waals surface area contributed by atoms with Crippen molar-refractivity contribution in [1.82, 2.24) is 4.90 Å². The normalized spacial score (nSPS) is 13.9. The van der Waals surface area contributed by atoms with Crippen molar-refractivity contribution < 1.29 is 5.11 Å². The first kappa shape index (κ1) is 9.84. The number of aliphatic hydroxyl groups is 1. The molecular formula is C12H13N2O+. The number of β-amino-alcohol motifs (C(OH)–C–C–N with tert-alkyl or cyclic N) is 1. The third-order valence-corrected chi connectivity index (χ3v) is 2.20. The lowest BCUT2D eigenvalue weighted by Crippen LogP contribution is -2.16. The maximum absolute atomic E-state index is 8.75. The number of aliphatic imine (C=N–C) groups is 1. The second-order valence-electron chi connectivity index (χ2n) is 3.41. The molecule has 2 rings (SSSR count). The lowest BCUT2D eigenvalue weighted by molar-refractivity contribution is 0.273. The number of hydrogen-bond acceptors (Lipinski definition) is 3. The minimum Gasteiger partial charge on any atom is -0.394 e. The zero-order valence-corrected chi connectivity index (χ0v) is 8.43. The molecule has 0 bridgehead atoms. The van der Waals surface area contributed by atoms with Crippen LogP contribution in [-0.2, 0) is 6.42 Å². The van der Waals surface area contributed by atoms with Crippen LogP contribution in [0.5, 0.6) is 0 Å². The van der Waals surface area contributed by atoms with Crippen LogP contribution in [0, 0.1) is 0 Å². The van der Waals surface area contributed by atoms with Crippen LogP contribution in [0.3, 0.4) is 0 Å². The van der Waals surface area contributed by atoms with Crippen LogP contribution in [0.1, 0.15) is 5.56 Å². The molecule has 1 aromatic carbocycles. The maximum Gasteiger partial charge on any atom is 0.255 e. The molecule has 1 aliphatic heterocycles. The summed E-state index contributed by atoms with van der Waals surface area (Å²) < 4.78 is 0. The van der Waals surface area contributed by atoms with Crippen molar-refractivity contribution >= 4 is 6.34 Å². The molecule has 0 fully saturated rings. The van der Waals surface area contributed by atoms with Gasteiger partial charge in [-0.25, -0.2) is 0 Å². The Bertz CT molecular complexity index is 370. The molecule has 15 heavy (non-hydrogen) atoms. The first-order valence-electron chi connectivity index (χ1n) is 4.97. The van der Waals surface area contributed by atoms with Crippen LogP contribution in [0.4, 0.5) is 0 Å². The Kier molecular flexibility index (Phi) is 3.08. The van der Waals surface area contributed by atoms with E-state index in [-0.39, 0.29) is 6.61 Å². The smallest absolute Gasteiger partial charge is 0.255 e. The number of nitrogens with zero attached hydrogens (tertiary/aromatic N) is 2. The lowest BCUT2D eigenvalue weighted by Gasteiger charge is -1.96. The van der Waals surface area contributed by atoms with E-state index in [1.165, 1.54) is 5.56 Å². The van der Waals surface area contributed by atoms with Gasteiger partial charge in [0.15, 0.2) is 6.20 Å². The Morgan fingerprint density at radius 3 is 2.80 bits per heavy atom. The number of hydrogen-bond donors (Lipinski definition) is 1. The highest BCUT2D eigenvalue weighted by Gasteiger charge is 2.18. The van der Waals surface area contributed by atoms with E-state index in [0.29, 0.717) is 6.54 Å². The third-order valence-electron chi connectivity index (χ3n) is 2.20. The van der Waals surface area contributed by atoms with Crippen LogP contribution in [0.15, 0.2) is 47.2 Å². The van der Waals surface area contributed by atoms with Gasteiger partial charge >= 0.3 is 0 Å². The second kappa shape index (κ2) is 4.69. The molecule has 3 heteroatoms. The minimum absolute atomic E-state index is 0.123. The Morgan fingerprint density at radius 1 is 1.27 bits per heavy atom. The molecule has 76 valence electrons. The molecule has 0 aliphatic carbocycles. The highest BCUT2D eigenvalue weighted by molar-refractivity contribution is 5.62. The number of benzene rings is 1. The molecule has 0 atom stereocenters. The monoisotopic (exact) mass is 201 g/mol. The topological polar surface area (TPSA) is 35.8 Å². The standard InChI is InChI=1S/C12H13N2O/c15-7-6-14-9-12(13-10-14)8-11-4-2-1-3-5-11/h1-5,9,15H,6-8H2/q+1. The van der Waals surface area contributed by atoms with Crippen molar-refractivity contribution in [2.75, 3.05) is 13.2 Å². The van der Waals surface area contributed by atoms with E-state index in [1.54, 1.807) is 4.90 Å². The van der Waals surface area contributed by atoms with Gasteiger partial charge in [-0.2, -0.15) is 4.90 Å². The van der Waals surface area contributed by atoms with Crippen molar-refractivity contribution in [2.24, 2.45) is 4.99 Å². The summed E-state index contributed by atoms with van der Waals surface area (Å²) in [5.74, 6) is 0. The average molecular weight is 201 g/mol. The van der Waals surface area contributed by atoms with E-state index in [0.717, 1.165) is 12.1 Å². The van der Waals surface area contributed by atoms with Crippen LogP contribution in [0.25, 0.3) is 0 Å². The van der Waals surface area contributed by atoms with Crippen LogP contribution >= 0.6 is 0 Å². The fourth-order valence-corrected chi connectivity index (χ4v) is 1.48. The molecule has 0 radical (unpaired) electrons. The van der Waals surface area contributed by atoms with E-state index in [2.05, 4.69) is 23.5 Å². The molecule has 1 heterocycles. The first-order chi connectivity index (χ1) is 7.38. The summed E-state index contributed by atoms with van der Waals surface area (Å²) >= 11 is 0. The predicted octanol–water partition coefficient (Wildman–Crippen LogP) is 1.28. The zero-order chi connectivity index (χ0) is 10.5. The predicted molar refractivity (Wildman–Crippen MR) is 59.5 cm³/mol. The van der Waals surface area contributed by atoms with Gasteiger partial charge in [0.2, 0.25) is 5.70 Å². The number of rotatable bonds is 4. The Hall–Kier alpha value is -1.70. The van der Waals surface area contributed by atoms with Gasteiger partial charge in [-0.05, 0) is 10.6 Å². The van der Waals surface area contributed by atoms with Gasteiger partial charge in [-0.1, -0.05) is 30.3 Å². The zero-order valence-electron chi connectivity index (χ0n) is 8.43. The molecular weight excluding hydrogens is 188 g/mol. The number of allylic oxidation sites excluding steroid dienone is 1.